The summed E-state index contributed by atoms with van der Waals surface area (Å²) >= 11 is 0. The molecule has 0 heterocycles. The first-order valence-corrected chi connectivity index (χ1v) is 6.83. The number of hydrogen-bond donors (Lipinski definition) is 1. The number of benzene rings is 1. The summed E-state index contributed by atoms with van der Waals surface area (Å²) in [5, 5.41) is 2.53. The van der Waals surface area contributed by atoms with Gasteiger partial charge in [-0.2, -0.15) is 0 Å². The summed E-state index contributed by atoms with van der Waals surface area (Å²) in [6.07, 6.45) is -0.887. The normalized spacial score (nSPS) is 10.1. The molecular formula is C15H21NO6. The van der Waals surface area contributed by atoms with Crippen molar-refractivity contribution in [2.24, 2.45) is 0 Å². The first-order valence-electron chi connectivity index (χ1n) is 6.83. The molecule has 0 radical (unpaired) electrons. The fourth-order valence-corrected chi connectivity index (χ4v) is 1.74. The molecule has 1 N–H and O–H groups in total. The van der Waals surface area contributed by atoms with Crippen molar-refractivity contribution in [2.45, 2.75) is 26.9 Å². The molecule has 7 nitrogen and oxygen atoms in total. The first kappa shape index (κ1) is 17.6. The van der Waals surface area contributed by atoms with Crippen molar-refractivity contribution in [2.75, 3.05) is 26.1 Å². The van der Waals surface area contributed by atoms with Crippen LogP contribution in [0.25, 0.3) is 0 Å². The van der Waals surface area contributed by atoms with E-state index in [-0.39, 0.29) is 17.4 Å². The summed E-state index contributed by atoms with van der Waals surface area (Å²) in [7, 11) is 2.70. The Morgan fingerprint density at radius 3 is 2.41 bits per heavy atom. The number of rotatable bonds is 6. The Kier molecular flexibility index (Phi) is 6.49. The van der Waals surface area contributed by atoms with Crippen LogP contribution in [0.4, 0.5) is 10.5 Å². The molecule has 1 amide bonds. The zero-order chi connectivity index (χ0) is 16.7. The van der Waals surface area contributed by atoms with Crippen molar-refractivity contribution in [3.05, 3.63) is 17.7 Å². The molecule has 0 saturated heterocycles. The van der Waals surface area contributed by atoms with Crippen molar-refractivity contribution in [3.63, 3.8) is 0 Å². The van der Waals surface area contributed by atoms with E-state index in [0.29, 0.717) is 18.0 Å². The van der Waals surface area contributed by atoms with Crippen molar-refractivity contribution in [1.82, 2.24) is 0 Å². The second-order valence-corrected chi connectivity index (χ2v) is 4.56. The van der Waals surface area contributed by atoms with Gasteiger partial charge in [0.05, 0.1) is 26.9 Å². The third kappa shape index (κ3) is 4.54. The summed E-state index contributed by atoms with van der Waals surface area (Å²) in [5.74, 6) is -0.0214. The lowest BCUT2D eigenvalue weighted by Gasteiger charge is -2.16. The van der Waals surface area contributed by atoms with Gasteiger partial charge in [-0.05, 0) is 26.8 Å². The molecule has 0 aliphatic rings. The Morgan fingerprint density at radius 2 is 1.91 bits per heavy atom. The summed E-state index contributed by atoms with van der Waals surface area (Å²) in [5.41, 5.74) is 0.495. The zero-order valence-electron chi connectivity index (χ0n) is 13.4. The fourth-order valence-electron chi connectivity index (χ4n) is 1.74. The predicted molar refractivity (Wildman–Crippen MR) is 80.7 cm³/mol. The maximum atomic E-state index is 11.9. The van der Waals surface area contributed by atoms with Crippen LogP contribution in [0, 0.1) is 0 Å². The van der Waals surface area contributed by atoms with Gasteiger partial charge in [0.1, 0.15) is 5.56 Å². The molecule has 122 valence electrons. The number of carbonyl (C=O) groups excluding carboxylic acids is 2. The highest BCUT2D eigenvalue weighted by molar-refractivity contribution is 5.96. The third-order valence-electron chi connectivity index (χ3n) is 2.56. The molecule has 0 aromatic heterocycles. The van der Waals surface area contributed by atoms with Gasteiger partial charge < -0.3 is 18.9 Å². The van der Waals surface area contributed by atoms with Crippen LogP contribution in [0.1, 0.15) is 31.1 Å². The van der Waals surface area contributed by atoms with Gasteiger partial charge >= 0.3 is 12.1 Å². The fraction of sp³-hybridized carbons (Fsp3) is 0.467. The lowest BCUT2D eigenvalue weighted by molar-refractivity contribution is 0.0595. The summed E-state index contributed by atoms with van der Waals surface area (Å²) in [6.45, 7) is 5.60. The Labute approximate surface area is 129 Å². The van der Waals surface area contributed by atoms with Crippen LogP contribution < -0.4 is 14.8 Å². The number of amides is 1. The van der Waals surface area contributed by atoms with Crippen LogP contribution in [-0.2, 0) is 9.47 Å². The van der Waals surface area contributed by atoms with Crippen LogP contribution in [-0.4, -0.2) is 39.0 Å². The van der Waals surface area contributed by atoms with Crippen molar-refractivity contribution in [1.29, 1.82) is 0 Å². The minimum absolute atomic E-state index is 0.156. The minimum atomic E-state index is -0.628. The van der Waals surface area contributed by atoms with E-state index in [9.17, 15) is 9.59 Å². The summed E-state index contributed by atoms with van der Waals surface area (Å²) in [6, 6.07) is 2.99. The lowest BCUT2D eigenvalue weighted by Crippen LogP contribution is -2.18. The number of hydrogen-bond acceptors (Lipinski definition) is 6. The van der Waals surface area contributed by atoms with Crippen LogP contribution in [0.2, 0.25) is 0 Å². The molecule has 0 aliphatic heterocycles. The number of methoxy groups -OCH3 is 2. The number of esters is 1. The van der Waals surface area contributed by atoms with Crippen LogP contribution in [0.3, 0.4) is 0 Å². The number of carbonyl (C=O) groups is 2. The molecule has 0 unspecified atom stereocenters. The Morgan fingerprint density at radius 1 is 1.23 bits per heavy atom. The monoisotopic (exact) mass is 311 g/mol. The maximum absolute atomic E-state index is 11.9. The van der Waals surface area contributed by atoms with Gasteiger partial charge in [0, 0.05) is 11.8 Å². The highest BCUT2D eigenvalue weighted by atomic mass is 16.6. The van der Waals surface area contributed by atoms with Crippen LogP contribution in [0.15, 0.2) is 12.1 Å². The van der Waals surface area contributed by atoms with E-state index in [1.54, 1.807) is 26.8 Å². The second-order valence-electron chi connectivity index (χ2n) is 4.56. The number of nitrogens with one attached hydrogen (secondary N) is 1. The van der Waals surface area contributed by atoms with Crippen LogP contribution in [0.5, 0.6) is 11.5 Å². The number of anilines is 1. The molecule has 22 heavy (non-hydrogen) atoms. The van der Waals surface area contributed by atoms with Gasteiger partial charge in [-0.3, -0.25) is 5.32 Å². The summed E-state index contributed by atoms with van der Waals surface area (Å²) < 4.78 is 20.4. The highest BCUT2D eigenvalue weighted by Gasteiger charge is 2.20. The summed E-state index contributed by atoms with van der Waals surface area (Å²) in [4.78, 5) is 23.6. The highest BCUT2D eigenvalue weighted by Crippen LogP contribution is 2.35. The van der Waals surface area contributed by atoms with Gasteiger partial charge in [-0.1, -0.05) is 0 Å². The molecule has 0 fully saturated rings. The molecule has 0 saturated carbocycles. The molecule has 0 aliphatic carbocycles. The van der Waals surface area contributed by atoms with Gasteiger partial charge in [0.25, 0.3) is 0 Å². The predicted octanol–water partition coefficient (Wildman–Crippen LogP) is 2.84. The molecule has 7 heteroatoms. The lowest BCUT2D eigenvalue weighted by atomic mass is 10.1. The van der Waals surface area contributed by atoms with E-state index >= 15 is 0 Å². The van der Waals surface area contributed by atoms with E-state index in [2.05, 4.69) is 5.32 Å². The molecule has 1 aromatic carbocycles. The minimum Gasteiger partial charge on any atom is -0.493 e. The Balaban J connectivity index is 3.20. The van der Waals surface area contributed by atoms with Crippen LogP contribution >= 0.6 is 0 Å². The molecule has 0 bridgehead atoms. The molecule has 0 atom stereocenters. The average molecular weight is 311 g/mol. The van der Waals surface area contributed by atoms with E-state index < -0.39 is 12.1 Å². The Bertz CT molecular complexity index is 541. The topological polar surface area (TPSA) is 83.1 Å². The quantitative estimate of drug-likeness (QED) is 0.813. The molecular weight excluding hydrogens is 290 g/mol. The maximum Gasteiger partial charge on any atom is 0.411 e. The molecule has 0 spiro atoms. The zero-order valence-corrected chi connectivity index (χ0v) is 13.4. The molecule has 1 aromatic rings. The smallest absolute Gasteiger partial charge is 0.411 e. The SMILES string of the molecule is CCOc1c(OC)cc(NC(=O)OC(C)C)cc1C(=O)OC. The average Bonchev–Trinajstić information content (AvgIpc) is 2.46. The van der Waals surface area contributed by atoms with Gasteiger partial charge in [-0.25, -0.2) is 9.59 Å². The second kappa shape index (κ2) is 8.11. The van der Waals surface area contributed by atoms with E-state index in [1.165, 1.54) is 20.3 Å². The standard InChI is InChI=1S/C15H21NO6/c1-6-21-13-11(14(17)20-5)7-10(8-12(13)19-4)16-15(18)22-9(2)3/h7-9H,6H2,1-5H3,(H,16,18). The van der Waals surface area contributed by atoms with Crippen molar-refractivity contribution >= 4 is 17.7 Å². The largest absolute Gasteiger partial charge is 0.493 e. The van der Waals surface area contributed by atoms with Gasteiger partial charge in [0.2, 0.25) is 0 Å². The van der Waals surface area contributed by atoms with Gasteiger partial charge in [0.15, 0.2) is 11.5 Å². The van der Waals surface area contributed by atoms with E-state index in [1.807, 2.05) is 0 Å². The van der Waals surface area contributed by atoms with Gasteiger partial charge in [-0.15, -0.1) is 0 Å². The third-order valence-corrected chi connectivity index (χ3v) is 2.56. The van der Waals surface area contributed by atoms with Crippen molar-refractivity contribution < 1.29 is 28.5 Å². The first-order chi connectivity index (χ1) is 10.4. The molecule has 1 rings (SSSR count). The van der Waals surface area contributed by atoms with E-state index in [4.69, 9.17) is 18.9 Å². The van der Waals surface area contributed by atoms with Crippen molar-refractivity contribution in [3.8, 4) is 11.5 Å². The van der Waals surface area contributed by atoms with E-state index in [0.717, 1.165) is 0 Å². The Hall–Kier alpha value is -2.44. The number of ether oxygens (including phenoxy) is 4.